The molecule has 0 amide bonds. The molecule has 6 nitrogen and oxygen atoms in total. The van der Waals surface area contributed by atoms with E-state index in [2.05, 4.69) is 0 Å². The van der Waals surface area contributed by atoms with Crippen molar-refractivity contribution < 1.29 is 16.8 Å². The van der Waals surface area contributed by atoms with Gasteiger partial charge in [-0.1, -0.05) is 0 Å². The Morgan fingerprint density at radius 1 is 1.29 bits per heavy atom. The van der Waals surface area contributed by atoms with Gasteiger partial charge in [0.1, 0.15) is 4.90 Å². The molecule has 1 aliphatic heterocycles. The van der Waals surface area contributed by atoms with Gasteiger partial charge in [-0.25, -0.2) is 16.8 Å². The second-order valence-electron chi connectivity index (χ2n) is 5.36. The molecule has 1 saturated heterocycles. The maximum Gasteiger partial charge on any atom is 0.244 e. The van der Waals surface area contributed by atoms with Crippen LogP contribution in [0.3, 0.4) is 0 Å². The molecule has 9 heteroatoms. The maximum absolute atomic E-state index is 12.6. The SMILES string of the molecule is CC(C)n1cc(S(=O)(=O)N2CCS(=O)(=O)CC2)cc1CCl. The third-order valence-corrected chi connectivity index (χ3v) is 7.29. The minimum atomic E-state index is -3.67. The highest BCUT2D eigenvalue weighted by Gasteiger charge is 2.32. The van der Waals surface area contributed by atoms with Gasteiger partial charge in [-0.2, -0.15) is 4.31 Å². The molecule has 1 aliphatic rings. The predicted octanol–water partition coefficient (Wildman–Crippen LogP) is 1.23. The Kier molecular flexibility index (Phi) is 4.72. The van der Waals surface area contributed by atoms with E-state index in [1.807, 2.05) is 18.4 Å². The molecule has 1 fully saturated rings. The third kappa shape index (κ3) is 3.44. The Morgan fingerprint density at radius 2 is 1.86 bits per heavy atom. The summed E-state index contributed by atoms with van der Waals surface area (Å²) in [6.07, 6.45) is 1.57. The number of rotatable bonds is 4. The Hall–Kier alpha value is -0.570. The van der Waals surface area contributed by atoms with Crippen LogP contribution in [0.15, 0.2) is 17.2 Å². The summed E-state index contributed by atoms with van der Waals surface area (Å²) in [7, 11) is -6.78. The molecular formula is C12H19ClN2O4S2. The standard InChI is InChI=1S/C12H19ClN2O4S2/c1-10(2)15-9-12(7-11(15)8-13)21(18,19)14-3-5-20(16,17)6-4-14/h7,9-10H,3-6,8H2,1-2H3. The van der Waals surface area contributed by atoms with Crippen LogP contribution in [0.1, 0.15) is 25.6 Å². The minimum Gasteiger partial charge on any atom is -0.346 e. The summed E-state index contributed by atoms with van der Waals surface area (Å²) in [4.78, 5) is 0.172. The summed E-state index contributed by atoms with van der Waals surface area (Å²) in [6.45, 7) is 3.90. The van der Waals surface area contributed by atoms with Gasteiger partial charge in [-0.3, -0.25) is 0 Å². The smallest absolute Gasteiger partial charge is 0.244 e. The molecule has 1 aromatic heterocycles. The molecule has 0 aromatic carbocycles. The van der Waals surface area contributed by atoms with Crippen molar-refractivity contribution in [1.82, 2.24) is 8.87 Å². The van der Waals surface area contributed by atoms with Gasteiger partial charge in [0.05, 0.1) is 17.4 Å². The maximum atomic E-state index is 12.6. The number of halogens is 1. The first-order valence-corrected chi connectivity index (χ1v) is 10.4. The summed E-state index contributed by atoms with van der Waals surface area (Å²) in [5.41, 5.74) is 0.731. The summed E-state index contributed by atoms with van der Waals surface area (Å²) < 4.78 is 51.0. The Bertz CT molecular complexity index is 708. The topological polar surface area (TPSA) is 76.5 Å². The largest absolute Gasteiger partial charge is 0.346 e. The van der Waals surface area contributed by atoms with Crippen LogP contribution in [0.5, 0.6) is 0 Å². The second-order valence-corrected chi connectivity index (χ2v) is 9.87. The van der Waals surface area contributed by atoms with Crippen LogP contribution < -0.4 is 0 Å². The number of sulfone groups is 1. The Balaban J connectivity index is 2.32. The molecule has 0 N–H and O–H groups in total. The summed E-state index contributed by atoms with van der Waals surface area (Å²) >= 11 is 5.85. The van der Waals surface area contributed by atoms with Crippen molar-refractivity contribution in [2.24, 2.45) is 0 Å². The fourth-order valence-electron chi connectivity index (χ4n) is 2.31. The van der Waals surface area contributed by atoms with E-state index in [-0.39, 0.29) is 41.4 Å². The molecule has 0 spiro atoms. The zero-order valence-corrected chi connectivity index (χ0v) is 14.4. The summed E-state index contributed by atoms with van der Waals surface area (Å²) in [6, 6.07) is 1.66. The van der Waals surface area contributed by atoms with Crippen molar-refractivity contribution >= 4 is 31.5 Å². The Labute approximate surface area is 130 Å². The van der Waals surface area contributed by atoms with Crippen molar-refractivity contribution in [3.05, 3.63) is 18.0 Å². The molecule has 120 valence electrons. The molecule has 0 radical (unpaired) electrons. The van der Waals surface area contributed by atoms with Crippen molar-refractivity contribution in [3.63, 3.8) is 0 Å². The average molecular weight is 355 g/mol. The van der Waals surface area contributed by atoms with Crippen molar-refractivity contribution in [1.29, 1.82) is 0 Å². The van der Waals surface area contributed by atoms with E-state index in [4.69, 9.17) is 11.6 Å². The van der Waals surface area contributed by atoms with Crippen LogP contribution in [-0.4, -0.2) is 50.3 Å². The first kappa shape index (κ1) is 16.8. The second kappa shape index (κ2) is 5.91. The lowest BCUT2D eigenvalue weighted by Crippen LogP contribution is -2.43. The van der Waals surface area contributed by atoms with Gasteiger partial charge in [-0.05, 0) is 19.9 Å². The monoisotopic (exact) mass is 354 g/mol. The van der Waals surface area contributed by atoms with Gasteiger partial charge < -0.3 is 4.57 Å². The van der Waals surface area contributed by atoms with E-state index in [0.717, 1.165) is 5.69 Å². The van der Waals surface area contributed by atoms with Crippen molar-refractivity contribution in [2.75, 3.05) is 24.6 Å². The van der Waals surface area contributed by atoms with Crippen LogP contribution in [0.4, 0.5) is 0 Å². The zero-order valence-electron chi connectivity index (χ0n) is 12.0. The number of alkyl halides is 1. The number of hydrogen-bond donors (Lipinski definition) is 0. The summed E-state index contributed by atoms with van der Waals surface area (Å²) in [5, 5.41) is 0. The van der Waals surface area contributed by atoms with Crippen LogP contribution in [0, 0.1) is 0 Å². The van der Waals surface area contributed by atoms with E-state index >= 15 is 0 Å². The first-order valence-electron chi connectivity index (χ1n) is 6.64. The first-order chi connectivity index (χ1) is 9.67. The van der Waals surface area contributed by atoms with E-state index in [9.17, 15) is 16.8 Å². The highest BCUT2D eigenvalue weighted by molar-refractivity contribution is 7.92. The quantitative estimate of drug-likeness (QED) is 0.762. The van der Waals surface area contributed by atoms with Crippen LogP contribution in [0.25, 0.3) is 0 Å². The number of hydrogen-bond acceptors (Lipinski definition) is 4. The number of aromatic nitrogens is 1. The zero-order chi connectivity index (χ0) is 15.8. The van der Waals surface area contributed by atoms with Crippen molar-refractivity contribution in [2.45, 2.75) is 30.7 Å². The van der Waals surface area contributed by atoms with Gasteiger partial charge in [-0.15, -0.1) is 11.6 Å². The lowest BCUT2D eigenvalue weighted by Gasteiger charge is -2.25. The van der Waals surface area contributed by atoms with Crippen LogP contribution in [0.2, 0.25) is 0 Å². The third-order valence-electron chi connectivity index (χ3n) is 3.54. The molecule has 0 saturated carbocycles. The number of sulfonamides is 1. The van der Waals surface area contributed by atoms with Gasteiger partial charge in [0.25, 0.3) is 0 Å². The molecule has 2 heterocycles. The van der Waals surface area contributed by atoms with Gasteiger partial charge >= 0.3 is 0 Å². The minimum absolute atomic E-state index is 0.00767. The lowest BCUT2D eigenvalue weighted by atomic mass is 10.4. The van der Waals surface area contributed by atoms with Gasteiger partial charge in [0, 0.05) is 31.0 Å². The highest BCUT2D eigenvalue weighted by atomic mass is 35.5. The average Bonchev–Trinajstić information content (AvgIpc) is 2.83. The molecule has 0 unspecified atom stereocenters. The van der Waals surface area contributed by atoms with Crippen LogP contribution in [-0.2, 0) is 25.7 Å². The molecule has 21 heavy (non-hydrogen) atoms. The molecular weight excluding hydrogens is 336 g/mol. The van der Waals surface area contributed by atoms with E-state index in [0.29, 0.717) is 0 Å². The fourth-order valence-corrected chi connectivity index (χ4v) is 5.45. The van der Waals surface area contributed by atoms with Gasteiger partial charge in [0.2, 0.25) is 10.0 Å². The van der Waals surface area contributed by atoms with Gasteiger partial charge in [0.15, 0.2) is 9.84 Å². The lowest BCUT2D eigenvalue weighted by molar-refractivity contribution is 0.430. The summed E-state index contributed by atoms with van der Waals surface area (Å²) in [5.74, 6) is -0.0267. The molecule has 0 aliphatic carbocycles. The molecule has 2 rings (SSSR count). The van der Waals surface area contributed by atoms with Crippen molar-refractivity contribution in [3.8, 4) is 0 Å². The predicted molar refractivity (Wildman–Crippen MR) is 81.8 cm³/mol. The fraction of sp³-hybridized carbons (Fsp3) is 0.667. The highest BCUT2D eigenvalue weighted by Crippen LogP contribution is 2.24. The number of nitrogens with zero attached hydrogens (tertiary/aromatic N) is 2. The normalized spacial score (nSPS) is 20.0. The Morgan fingerprint density at radius 3 is 2.29 bits per heavy atom. The van der Waals surface area contributed by atoms with E-state index in [1.54, 1.807) is 12.3 Å². The van der Waals surface area contributed by atoms with E-state index in [1.165, 1.54) is 4.31 Å². The van der Waals surface area contributed by atoms with Crippen LogP contribution >= 0.6 is 11.6 Å². The van der Waals surface area contributed by atoms with E-state index < -0.39 is 19.9 Å². The molecule has 1 aromatic rings. The molecule has 0 atom stereocenters. The molecule has 0 bridgehead atoms.